The average molecular weight is 492 g/mol. The maximum absolute atomic E-state index is 12.3. The van der Waals surface area contributed by atoms with Gasteiger partial charge in [0.1, 0.15) is 6.54 Å². The van der Waals surface area contributed by atoms with Gasteiger partial charge >= 0.3 is 0 Å². The van der Waals surface area contributed by atoms with Crippen LogP contribution in [0.25, 0.3) is 0 Å². The molecule has 1 aliphatic carbocycles. The van der Waals surface area contributed by atoms with E-state index >= 15 is 0 Å². The molecule has 27 heavy (non-hydrogen) atoms. The topological polar surface area (TPSA) is 71.5 Å². The first kappa shape index (κ1) is 22.2. The Balaban J connectivity index is 0.00000261. The number of carbonyl (C=O) groups is 2. The molecule has 3 rings (SSSR count). The standard InChI is InChI=1S/C18H32N6O2.HI/c1-21(2)16(25)13-19-18(20-15-5-6-15)24-11-9-22(10-12-24)14-17(26)23-7-3-4-8-23;/h15H,3-14H2,1-2H3,(H,19,20);1H. The second-order valence-electron chi connectivity index (χ2n) is 7.70. The molecule has 0 unspecified atom stereocenters. The van der Waals surface area contributed by atoms with E-state index < -0.39 is 0 Å². The van der Waals surface area contributed by atoms with Crippen LogP contribution in [-0.2, 0) is 9.59 Å². The van der Waals surface area contributed by atoms with Gasteiger partial charge in [-0.2, -0.15) is 0 Å². The Labute approximate surface area is 179 Å². The molecule has 154 valence electrons. The van der Waals surface area contributed by atoms with E-state index in [9.17, 15) is 9.59 Å². The number of amides is 2. The van der Waals surface area contributed by atoms with Crippen molar-refractivity contribution >= 4 is 41.8 Å². The Morgan fingerprint density at radius 3 is 2.19 bits per heavy atom. The van der Waals surface area contributed by atoms with Crippen molar-refractivity contribution in [2.45, 2.75) is 31.7 Å². The fourth-order valence-corrected chi connectivity index (χ4v) is 3.31. The molecular weight excluding hydrogens is 459 g/mol. The average Bonchev–Trinajstić information content (AvgIpc) is 3.27. The number of hydrogen-bond acceptors (Lipinski definition) is 4. The quantitative estimate of drug-likeness (QED) is 0.334. The van der Waals surface area contributed by atoms with Crippen LogP contribution in [-0.4, -0.2) is 110 Å². The molecule has 1 saturated carbocycles. The van der Waals surface area contributed by atoms with E-state index in [-0.39, 0.29) is 42.3 Å². The minimum atomic E-state index is 0. The highest BCUT2D eigenvalue weighted by Gasteiger charge is 2.28. The SMILES string of the molecule is CN(C)C(=O)CN=C(NC1CC1)N1CCN(CC(=O)N2CCCC2)CC1.I. The highest BCUT2D eigenvalue weighted by Crippen LogP contribution is 2.19. The lowest BCUT2D eigenvalue weighted by molar-refractivity contribution is -0.131. The highest BCUT2D eigenvalue weighted by atomic mass is 127. The zero-order chi connectivity index (χ0) is 18.5. The van der Waals surface area contributed by atoms with Gasteiger partial charge in [-0.05, 0) is 25.7 Å². The molecule has 2 saturated heterocycles. The summed E-state index contributed by atoms with van der Waals surface area (Å²) in [5.41, 5.74) is 0. The summed E-state index contributed by atoms with van der Waals surface area (Å²) in [6.45, 7) is 5.91. The van der Waals surface area contributed by atoms with E-state index in [0.29, 0.717) is 12.6 Å². The van der Waals surface area contributed by atoms with Gasteiger partial charge in [0.05, 0.1) is 6.54 Å². The molecule has 2 aliphatic heterocycles. The molecule has 8 nitrogen and oxygen atoms in total. The fraction of sp³-hybridized carbons (Fsp3) is 0.833. The summed E-state index contributed by atoms with van der Waals surface area (Å²) in [6.07, 6.45) is 4.62. The van der Waals surface area contributed by atoms with E-state index in [2.05, 4.69) is 20.1 Å². The van der Waals surface area contributed by atoms with Crippen LogP contribution in [0.4, 0.5) is 0 Å². The summed E-state index contributed by atoms with van der Waals surface area (Å²) in [6, 6.07) is 0.498. The Morgan fingerprint density at radius 1 is 1.00 bits per heavy atom. The number of likely N-dealkylation sites (N-methyl/N-ethyl adjacent to an activating group) is 1. The zero-order valence-corrected chi connectivity index (χ0v) is 18.9. The summed E-state index contributed by atoms with van der Waals surface area (Å²) in [4.78, 5) is 36.7. The number of aliphatic imine (C=N–C) groups is 1. The second kappa shape index (κ2) is 10.4. The summed E-state index contributed by atoms with van der Waals surface area (Å²) in [5, 5.41) is 3.47. The molecule has 0 spiro atoms. The number of hydrogen-bond donors (Lipinski definition) is 1. The maximum Gasteiger partial charge on any atom is 0.243 e. The summed E-state index contributed by atoms with van der Waals surface area (Å²) in [5.74, 6) is 1.11. The number of guanidine groups is 1. The molecule has 0 aromatic carbocycles. The van der Waals surface area contributed by atoms with Gasteiger partial charge in [0.2, 0.25) is 11.8 Å². The molecule has 0 aromatic rings. The van der Waals surface area contributed by atoms with Crippen molar-refractivity contribution in [1.29, 1.82) is 0 Å². The van der Waals surface area contributed by atoms with Gasteiger partial charge in [-0.15, -0.1) is 24.0 Å². The molecule has 0 radical (unpaired) electrons. The summed E-state index contributed by atoms with van der Waals surface area (Å²) in [7, 11) is 3.50. The molecular formula is C18H33IN6O2. The third-order valence-corrected chi connectivity index (χ3v) is 5.26. The highest BCUT2D eigenvalue weighted by molar-refractivity contribution is 14.0. The van der Waals surface area contributed by atoms with Crippen LogP contribution in [0.3, 0.4) is 0 Å². The maximum atomic E-state index is 12.3. The molecule has 0 aromatic heterocycles. The van der Waals surface area contributed by atoms with Crippen molar-refractivity contribution in [3.63, 3.8) is 0 Å². The van der Waals surface area contributed by atoms with Gasteiger partial charge in [-0.1, -0.05) is 0 Å². The van der Waals surface area contributed by atoms with E-state index in [1.54, 1.807) is 19.0 Å². The van der Waals surface area contributed by atoms with Gasteiger partial charge < -0.3 is 20.0 Å². The Morgan fingerprint density at radius 2 is 1.63 bits per heavy atom. The van der Waals surface area contributed by atoms with Gasteiger partial charge in [-0.3, -0.25) is 14.5 Å². The lowest BCUT2D eigenvalue weighted by atomic mass is 10.3. The third kappa shape index (κ3) is 6.78. The molecule has 1 N–H and O–H groups in total. The predicted octanol–water partition coefficient (Wildman–Crippen LogP) is 0.0406. The number of carbonyl (C=O) groups excluding carboxylic acids is 2. The number of rotatable bonds is 5. The lowest BCUT2D eigenvalue weighted by Gasteiger charge is -2.36. The molecule has 3 fully saturated rings. The van der Waals surface area contributed by atoms with Crippen LogP contribution in [0, 0.1) is 0 Å². The first-order chi connectivity index (χ1) is 12.5. The molecule has 2 amide bonds. The lowest BCUT2D eigenvalue weighted by Crippen LogP contribution is -2.54. The predicted molar refractivity (Wildman–Crippen MR) is 116 cm³/mol. The van der Waals surface area contributed by atoms with E-state index in [4.69, 9.17) is 0 Å². The van der Waals surface area contributed by atoms with Gasteiger partial charge in [-0.25, -0.2) is 4.99 Å². The number of halogens is 1. The van der Waals surface area contributed by atoms with Crippen molar-refractivity contribution in [3.05, 3.63) is 0 Å². The summed E-state index contributed by atoms with van der Waals surface area (Å²) < 4.78 is 0. The fourth-order valence-electron chi connectivity index (χ4n) is 3.31. The molecule has 0 bridgehead atoms. The minimum Gasteiger partial charge on any atom is -0.353 e. The number of likely N-dealkylation sites (tertiary alicyclic amines) is 1. The first-order valence-corrected chi connectivity index (χ1v) is 9.79. The van der Waals surface area contributed by atoms with Gasteiger partial charge in [0.25, 0.3) is 0 Å². The van der Waals surface area contributed by atoms with Crippen LogP contribution < -0.4 is 5.32 Å². The number of piperazine rings is 1. The van der Waals surface area contributed by atoms with Crippen molar-refractivity contribution in [3.8, 4) is 0 Å². The van der Waals surface area contributed by atoms with Crippen LogP contribution in [0.5, 0.6) is 0 Å². The van der Waals surface area contributed by atoms with Crippen molar-refractivity contribution < 1.29 is 9.59 Å². The van der Waals surface area contributed by atoms with Crippen molar-refractivity contribution in [2.75, 3.05) is 66.5 Å². The minimum absolute atomic E-state index is 0. The van der Waals surface area contributed by atoms with E-state index in [0.717, 1.165) is 58.1 Å². The van der Waals surface area contributed by atoms with E-state index in [1.165, 1.54) is 12.8 Å². The van der Waals surface area contributed by atoms with Gasteiger partial charge in [0, 0.05) is 59.4 Å². The van der Waals surface area contributed by atoms with Crippen LogP contribution in [0.2, 0.25) is 0 Å². The molecule has 0 atom stereocenters. The first-order valence-electron chi connectivity index (χ1n) is 9.79. The normalized spacial score (nSPS) is 21.0. The Hall–Kier alpha value is -1.10. The molecule has 9 heteroatoms. The van der Waals surface area contributed by atoms with Crippen molar-refractivity contribution in [2.24, 2.45) is 4.99 Å². The second-order valence-corrected chi connectivity index (χ2v) is 7.70. The Bertz CT molecular complexity index is 538. The monoisotopic (exact) mass is 492 g/mol. The van der Waals surface area contributed by atoms with Crippen molar-refractivity contribution in [1.82, 2.24) is 24.9 Å². The van der Waals surface area contributed by atoms with E-state index in [1.807, 2.05) is 4.90 Å². The smallest absolute Gasteiger partial charge is 0.243 e. The summed E-state index contributed by atoms with van der Waals surface area (Å²) >= 11 is 0. The van der Waals surface area contributed by atoms with Gasteiger partial charge in [0.15, 0.2) is 5.96 Å². The van der Waals surface area contributed by atoms with Crippen LogP contribution in [0.1, 0.15) is 25.7 Å². The molecule has 3 aliphatic rings. The largest absolute Gasteiger partial charge is 0.353 e. The molecule has 2 heterocycles. The number of nitrogens with one attached hydrogen (secondary N) is 1. The third-order valence-electron chi connectivity index (χ3n) is 5.26. The Kier molecular flexibility index (Phi) is 8.59. The van der Waals surface area contributed by atoms with Crippen LogP contribution >= 0.6 is 24.0 Å². The number of nitrogens with zero attached hydrogens (tertiary/aromatic N) is 5. The van der Waals surface area contributed by atoms with Crippen LogP contribution in [0.15, 0.2) is 4.99 Å². The zero-order valence-electron chi connectivity index (χ0n) is 16.5.